The number of amides is 1. The summed E-state index contributed by atoms with van der Waals surface area (Å²) in [6.07, 6.45) is 2.20. The third kappa shape index (κ3) is 3.67. The summed E-state index contributed by atoms with van der Waals surface area (Å²) in [6.45, 7) is 0.524. The first-order valence-corrected chi connectivity index (χ1v) is 6.32. The van der Waals surface area contributed by atoms with E-state index in [1.165, 1.54) is 6.07 Å². The van der Waals surface area contributed by atoms with E-state index in [0.717, 1.165) is 18.4 Å². The van der Waals surface area contributed by atoms with Crippen LogP contribution in [0.1, 0.15) is 18.4 Å². The minimum Gasteiger partial charge on any atom is -0.354 e. The second-order valence-electron chi connectivity index (χ2n) is 4.41. The molecular weight excluding hydrogens is 323 g/mol. The molecule has 0 spiro atoms. The molecule has 0 bridgehead atoms. The first kappa shape index (κ1) is 15.4. The fourth-order valence-electron chi connectivity index (χ4n) is 1.55. The SMILES string of the molecule is Cl.NC1(C(=O)NCCc2ccc(F)c(Br)c2)CC1. The summed E-state index contributed by atoms with van der Waals surface area (Å²) in [5, 5.41) is 2.79. The van der Waals surface area contributed by atoms with Crippen LogP contribution in [0.15, 0.2) is 22.7 Å². The van der Waals surface area contributed by atoms with Gasteiger partial charge in [0, 0.05) is 6.54 Å². The number of hydrogen-bond donors (Lipinski definition) is 2. The Bertz CT molecular complexity index is 452. The van der Waals surface area contributed by atoms with Crippen molar-refractivity contribution >= 4 is 34.2 Å². The van der Waals surface area contributed by atoms with E-state index in [2.05, 4.69) is 21.2 Å². The minimum absolute atomic E-state index is 0. The number of nitrogens with one attached hydrogen (secondary N) is 1. The van der Waals surface area contributed by atoms with Gasteiger partial charge in [0.05, 0.1) is 10.0 Å². The molecule has 0 atom stereocenters. The Labute approximate surface area is 120 Å². The molecule has 0 aromatic heterocycles. The number of nitrogens with two attached hydrogens (primary N) is 1. The molecule has 1 aromatic carbocycles. The van der Waals surface area contributed by atoms with Crippen LogP contribution in [0.3, 0.4) is 0 Å². The highest BCUT2D eigenvalue weighted by Crippen LogP contribution is 2.31. The number of carbonyl (C=O) groups is 1. The lowest BCUT2D eigenvalue weighted by Gasteiger charge is -2.10. The van der Waals surface area contributed by atoms with Crippen molar-refractivity contribution in [3.05, 3.63) is 34.1 Å². The normalized spacial score (nSPS) is 15.7. The van der Waals surface area contributed by atoms with Gasteiger partial charge >= 0.3 is 0 Å². The van der Waals surface area contributed by atoms with Crippen molar-refractivity contribution in [1.29, 1.82) is 0 Å². The van der Waals surface area contributed by atoms with E-state index in [4.69, 9.17) is 5.73 Å². The summed E-state index contributed by atoms with van der Waals surface area (Å²) in [4.78, 5) is 11.5. The molecular formula is C12H15BrClFN2O. The standard InChI is InChI=1S/C12H14BrFN2O.ClH/c13-9-7-8(1-2-10(9)14)3-6-16-11(17)12(15)4-5-12;/h1-2,7H,3-6,15H2,(H,16,17);1H. The fraction of sp³-hybridized carbons (Fsp3) is 0.417. The molecule has 1 fully saturated rings. The van der Waals surface area contributed by atoms with E-state index >= 15 is 0 Å². The van der Waals surface area contributed by atoms with Crippen LogP contribution in [-0.4, -0.2) is 18.0 Å². The second-order valence-corrected chi connectivity index (χ2v) is 5.26. The third-order valence-electron chi connectivity index (χ3n) is 2.92. The van der Waals surface area contributed by atoms with Crippen LogP contribution in [0, 0.1) is 5.82 Å². The summed E-state index contributed by atoms with van der Waals surface area (Å²) in [6, 6.07) is 4.84. The lowest BCUT2D eigenvalue weighted by atomic mass is 10.1. The molecule has 1 aliphatic rings. The zero-order valence-electron chi connectivity index (χ0n) is 9.71. The van der Waals surface area contributed by atoms with E-state index in [9.17, 15) is 9.18 Å². The van der Waals surface area contributed by atoms with Crippen LogP contribution in [0.5, 0.6) is 0 Å². The van der Waals surface area contributed by atoms with E-state index in [0.29, 0.717) is 17.4 Å². The minimum atomic E-state index is -0.622. The number of hydrogen-bond acceptors (Lipinski definition) is 2. The highest BCUT2D eigenvalue weighted by molar-refractivity contribution is 9.10. The van der Waals surface area contributed by atoms with Gasteiger partial charge in [0.1, 0.15) is 5.82 Å². The predicted molar refractivity (Wildman–Crippen MR) is 74.2 cm³/mol. The third-order valence-corrected chi connectivity index (χ3v) is 3.53. The maximum Gasteiger partial charge on any atom is 0.240 e. The Hall–Kier alpha value is -0.650. The largest absolute Gasteiger partial charge is 0.354 e. The Morgan fingerprint density at radius 3 is 2.72 bits per heavy atom. The lowest BCUT2D eigenvalue weighted by molar-refractivity contribution is -0.123. The predicted octanol–water partition coefficient (Wildman–Crippen LogP) is 2.16. The zero-order chi connectivity index (χ0) is 12.5. The topological polar surface area (TPSA) is 55.1 Å². The summed E-state index contributed by atoms with van der Waals surface area (Å²) in [5.74, 6) is -0.365. The molecule has 1 aromatic rings. The van der Waals surface area contributed by atoms with Crippen molar-refractivity contribution in [2.75, 3.05) is 6.54 Å². The molecule has 0 unspecified atom stereocenters. The highest BCUT2D eigenvalue weighted by atomic mass is 79.9. The quantitative estimate of drug-likeness (QED) is 0.884. The molecule has 100 valence electrons. The average molecular weight is 338 g/mol. The van der Waals surface area contributed by atoms with Crippen molar-refractivity contribution in [2.24, 2.45) is 5.73 Å². The van der Waals surface area contributed by atoms with E-state index < -0.39 is 5.54 Å². The number of carbonyl (C=O) groups excluding carboxylic acids is 1. The van der Waals surface area contributed by atoms with Gasteiger partial charge in [-0.1, -0.05) is 6.07 Å². The van der Waals surface area contributed by atoms with Crippen LogP contribution >= 0.6 is 28.3 Å². The summed E-state index contributed by atoms with van der Waals surface area (Å²) >= 11 is 3.13. The van der Waals surface area contributed by atoms with Crippen molar-refractivity contribution < 1.29 is 9.18 Å². The average Bonchev–Trinajstić information content (AvgIpc) is 3.03. The molecule has 0 radical (unpaired) electrons. The Morgan fingerprint density at radius 2 is 2.17 bits per heavy atom. The second kappa shape index (κ2) is 5.99. The van der Waals surface area contributed by atoms with Crippen LogP contribution in [0.2, 0.25) is 0 Å². The van der Waals surface area contributed by atoms with Crippen LogP contribution in [-0.2, 0) is 11.2 Å². The Balaban J connectivity index is 0.00000162. The van der Waals surface area contributed by atoms with Crippen molar-refractivity contribution in [1.82, 2.24) is 5.32 Å². The Kier molecular flexibility index (Phi) is 5.13. The molecule has 0 saturated heterocycles. The van der Waals surface area contributed by atoms with Gasteiger partial charge in [-0.3, -0.25) is 4.79 Å². The molecule has 6 heteroatoms. The smallest absolute Gasteiger partial charge is 0.240 e. The first-order valence-electron chi connectivity index (χ1n) is 5.52. The summed E-state index contributed by atoms with van der Waals surface area (Å²) in [7, 11) is 0. The molecule has 0 aliphatic heterocycles. The Morgan fingerprint density at radius 1 is 1.50 bits per heavy atom. The van der Waals surface area contributed by atoms with E-state index in [-0.39, 0.29) is 24.1 Å². The van der Waals surface area contributed by atoms with Gasteiger partial charge in [-0.2, -0.15) is 0 Å². The van der Waals surface area contributed by atoms with Gasteiger partial charge in [-0.15, -0.1) is 12.4 Å². The highest BCUT2D eigenvalue weighted by Gasteiger charge is 2.45. The molecule has 1 amide bonds. The van der Waals surface area contributed by atoms with Crippen LogP contribution in [0.4, 0.5) is 4.39 Å². The number of benzene rings is 1. The number of rotatable bonds is 4. The molecule has 3 N–H and O–H groups in total. The lowest BCUT2D eigenvalue weighted by Crippen LogP contribution is -2.43. The van der Waals surface area contributed by atoms with Crippen molar-refractivity contribution in [3.8, 4) is 0 Å². The monoisotopic (exact) mass is 336 g/mol. The van der Waals surface area contributed by atoms with Gasteiger partial charge < -0.3 is 11.1 Å². The summed E-state index contributed by atoms with van der Waals surface area (Å²) < 4.78 is 13.4. The van der Waals surface area contributed by atoms with Gasteiger partial charge in [-0.05, 0) is 52.9 Å². The van der Waals surface area contributed by atoms with Gasteiger partial charge in [0.25, 0.3) is 0 Å². The van der Waals surface area contributed by atoms with Gasteiger partial charge in [0.15, 0.2) is 0 Å². The van der Waals surface area contributed by atoms with Crippen molar-refractivity contribution in [3.63, 3.8) is 0 Å². The zero-order valence-corrected chi connectivity index (χ0v) is 12.1. The van der Waals surface area contributed by atoms with Gasteiger partial charge in [-0.25, -0.2) is 4.39 Å². The van der Waals surface area contributed by atoms with Crippen LogP contribution < -0.4 is 11.1 Å². The first-order chi connectivity index (χ1) is 8.01. The fourth-order valence-corrected chi connectivity index (χ4v) is 1.98. The molecule has 1 saturated carbocycles. The summed E-state index contributed by atoms with van der Waals surface area (Å²) in [5.41, 5.74) is 6.10. The molecule has 1 aliphatic carbocycles. The van der Waals surface area contributed by atoms with Crippen molar-refractivity contribution in [2.45, 2.75) is 24.8 Å². The van der Waals surface area contributed by atoms with Crippen LogP contribution in [0.25, 0.3) is 0 Å². The van der Waals surface area contributed by atoms with E-state index in [1.54, 1.807) is 12.1 Å². The van der Waals surface area contributed by atoms with Gasteiger partial charge in [0.2, 0.25) is 5.91 Å². The molecule has 18 heavy (non-hydrogen) atoms. The molecule has 3 nitrogen and oxygen atoms in total. The molecule has 0 heterocycles. The molecule has 2 rings (SSSR count). The number of halogens is 3. The van der Waals surface area contributed by atoms with E-state index in [1.807, 2.05) is 0 Å². The maximum atomic E-state index is 13.0. The maximum absolute atomic E-state index is 13.0.